The number of anilines is 1. The number of nitrogens with zero attached hydrogens (tertiary/aromatic N) is 1. The number of Topliss-reactive ketones (excluding diaryl/α,β-unsaturated/α-hetero) is 1. The number of aliphatic hydroxyl groups excluding tert-OH is 1. The van der Waals surface area contributed by atoms with Crippen molar-refractivity contribution in [1.82, 2.24) is 0 Å². The van der Waals surface area contributed by atoms with Gasteiger partial charge >= 0.3 is 0 Å². The van der Waals surface area contributed by atoms with E-state index in [1.165, 1.54) is 29.2 Å². The fraction of sp³-hybridized carbons (Fsp3) is 0.185. The Labute approximate surface area is 191 Å². The topological polar surface area (TPSA) is 66.8 Å². The van der Waals surface area contributed by atoms with Crippen molar-refractivity contribution < 1.29 is 23.8 Å². The highest BCUT2D eigenvalue weighted by Crippen LogP contribution is 2.42. The maximum atomic E-state index is 13.6. The van der Waals surface area contributed by atoms with Gasteiger partial charge < -0.3 is 9.84 Å². The number of carbonyl (C=O) groups excluding carboxylic acids is 2. The molecule has 33 heavy (non-hydrogen) atoms. The van der Waals surface area contributed by atoms with E-state index in [4.69, 9.17) is 4.74 Å². The molecule has 0 radical (unpaired) electrons. The van der Waals surface area contributed by atoms with E-state index in [0.717, 1.165) is 17.5 Å². The Morgan fingerprint density at radius 3 is 2.27 bits per heavy atom. The standard InChI is InChI=1S/C27H24FNO4/c1-4-17-5-12-21(13-6-17)29-24(18-7-10-20(28)11-8-18)23(26(31)27(29)32)25(30)19-9-14-22(33-3)16(2)15-19/h5-15,24,30H,4H2,1-3H3/b25-23-. The van der Waals surface area contributed by atoms with Crippen LogP contribution in [0.4, 0.5) is 10.1 Å². The highest BCUT2D eigenvalue weighted by Gasteiger charge is 2.47. The molecule has 3 aromatic carbocycles. The zero-order chi connectivity index (χ0) is 23.7. The molecule has 6 heteroatoms. The molecule has 0 aromatic heterocycles. The predicted octanol–water partition coefficient (Wildman–Crippen LogP) is 5.33. The fourth-order valence-corrected chi connectivity index (χ4v) is 4.13. The molecule has 5 nitrogen and oxygen atoms in total. The Hall–Kier alpha value is -3.93. The van der Waals surface area contributed by atoms with Gasteiger partial charge in [0.25, 0.3) is 11.7 Å². The molecule has 1 unspecified atom stereocenters. The second kappa shape index (κ2) is 8.90. The summed E-state index contributed by atoms with van der Waals surface area (Å²) in [5.41, 5.74) is 3.23. The third-order valence-electron chi connectivity index (χ3n) is 5.92. The maximum absolute atomic E-state index is 13.6. The van der Waals surface area contributed by atoms with E-state index in [9.17, 15) is 19.1 Å². The Morgan fingerprint density at radius 2 is 1.70 bits per heavy atom. The van der Waals surface area contributed by atoms with Crippen LogP contribution in [0.25, 0.3) is 5.76 Å². The van der Waals surface area contributed by atoms with Gasteiger partial charge in [-0.1, -0.05) is 31.2 Å². The van der Waals surface area contributed by atoms with Gasteiger partial charge in [-0.05, 0) is 72.5 Å². The smallest absolute Gasteiger partial charge is 0.300 e. The number of rotatable bonds is 5. The van der Waals surface area contributed by atoms with Crippen LogP contribution >= 0.6 is 0 Å². The zero-order valence-electron chi connectivity index (χ0n) is 18.6. The summed E-state index contributed by atoms with van der Waals surface area (Å²) < 4.78 is 18.9. The SMILES string of the molecule is CCc1ccc(N2C(=O)C(=O)/C(=C(\O)c3ccc(OC)c(C)c3)C2c2ccc(F)cc2)cc1. The van der Waals surface area contributed by atoms with Crippen molar-refractivity contribution in [2.75, 3.05) is 12.0 Å². The van der Waals surface area contributed by atoms with Crippen molar-refractivity contribution in [3.8, 4) is 5.75 Å². The molecule has 0 aliphatic carbocycles. The lowest BCUT2D eigenvalue weighted by Gasteiger charge is -2.25. The number of halogens is 1. The molecule has 1 N–H and O–H groups in total. The number of hydrogen-bond donors (Lipinski definition) is 1. The fourth-order valence-electron chi connectivity index (χ4n) is 4.13. The summed E-state index contributed by atoms with van der Waals surface area (Å²) in [6, 6.07) is 17.0. The highest BCUT2D eigenvalue weighted by molar-refractivity contribution is 6.51. The second-order valence-electron chi connectivity index (χ2n) is 7.93. The summed E-state index contributed by atoms with van der Waals surface area (Å²) in [6.45, 7) is 3.84. The summed E-state index contributed by atoms with van der Waals surface area (Å²) in [5.74, 6) is -1.64. The summed E-state index contributed by atoms with van der Waals surface area (Å²) in [6.07, 6.45) is 0.831. The molecule has 3 aromatic rings. The number of benzene rings is 3. The summed E-state index contributed by atoms with van der Waals surface area (Å²) in [4.78, 5) is 27.7. The average Bonchev–Trinajstić information content (AvgIpc) is 3.09. The zero-order valence-corrected chi connectivity index (χ0v) is 18.6. The molecule has 1 aliphatic rings. The Bertz CT molecular complexity index is 1250. The van der Waals surface area contributed by atoms with Gasteiger partial charge in [0.15, 0.2) is 0 Å². The largest absolute Gasteiger partial charge is 0.507 e. The van der Waals surface area contributed by atoms with Gasteiger partial charge in [-0.2, -0.15) is 0 Å². The molecule has 1 heterocycles. The van der Waals surface area contributed by atoms with E-state index < -0.39 is 23.5 Å². The van der Waals surface area contributed by atoms with Crippen LogP contribution in [0.15, 0.2) is 72.3 Å². The van der Waals surface area contributed by atoms with Crippen LogP contribution in [0, 0.1) is 12.7 Å². The van der Waals surface area contributed by atoms with Crippen molar-refractivity contribution >= 4 is 23.1 Å². The molecule has 168 valence electrons. The number of ether oxygens (including phenoxy) is 1. The van der Waals surface area contributed by atoms with Crippen LogP contribution in [0.1, 0.15) is 35.2 Å². The minimum Gasteiger partial charge on any atom is -0.507 e. The Kier molecular flexibility index (Phi) is 6.01. The first-order valence-electron chi connectivity index (χ1n) is 10.7. The van der Waals surface area contributed by atoms with Crippen LogP contribution in [-0.2, 0) is 16.0 Å². The monoisotopic (exact) mass is 445 g/mol. The molecule has 0 bridgehead atoms. The van der Waals surface area contributed by atoms with Gasteiger partial charge in [0, 0.05) is 11.3 Å². The third-order valence-corrected chi connectivity index (χ3v) is 5.92. The number of aryl methyl sites for hydroxylation is 2. The summed E-state index contributed by atoms with van der Waals surface area (Å²) in [5, 5.41) is 11.2. The molecule has 1 fully saturated rings. The van der Waals surface area contributed by atoms with Gasteiger partial charge in [0.05, 0.1) is 18.7 Å². The maximum Gasteiger partial charge on any atom is 0.300 e. The molecule has 0 spiro atoms. The van der Waals surface area contributed by atoms with Gasteiger partial charge in [0.1, 0.15) is 17.3 Å². The van der Waals surface area contributed by atoms with E-state index in [-0.39, 0.29) is 11.3 Å². The van der Waals surface area contributed by atoms with Crippen LogP contribution in [0.3, 0.4) is 0 Å². The van der Waals surface area contributed by atoms with E-state index in [2.05, 4.69) is 0 Å². The number of methoxy groups -OCH3 is 1. The molecule has 1 saturated heterocycles. The lowest BCUT2D eigenvalue weighted by molar-refractivity contribution is -0.132. The highest BCUT2D eigenvalue weighted by atomic mass is 19.1. The van der Waals surface area contributed by atoms with E-state index in [1.807, 2.05) is 26.0 Å². The first-order chi connectivity index (χ1) is 15.8. The number of hydrogen-bond acceptors (Lipinski definition) is 4. The van der Waals surface area contributed by atoms with Crippen LogP contribution < -0.4 is 9.64 Å². The molecule has 1 amide bonds. The van der Waals surface area contributed by atoms with Crippen LogP contribution in [0.5, 0.6) is 5.75 Å². The lowest BCUT2D eigenvalue weighted by Crippen LogP contribution is -2.29. The quantitative estimate of drug-likeness (QED) is 0.327. The molecule has 1 aliphatic heterocycles. The van der Waals surface area contributed by atoms with Crippen molar-refractivity contribution in [2.24, 2.45) is 0 Å². The van der Waals surface area contributed by atoms with Gasteiger partial charge in [-0.3, -0.25) is 14.5 Å². The third kappa shape index (κ3) is 4.00. The number of carbonyl (C=O) groups is 2. The molecule has 4 rings (SSSR count). The van der Waals surface area contributed by atoms with Gasteiger partial charge in [0.2, 0.25) is 0 Å². The molecule has 1 atom stereocenters. The predicted molar refractivity (Wildman–Crippen MR) is 125 cm³/mol. The van der Waals surface area contributed by atoms with Gasteiger partial charge in [-0.15, -0.1) is 0 Å². The number of amides is 1. The first-order valence-corrected chi connectivity index (χ1v) is 10.7. The van der Waals surface area contributed by atoms with E-state index >= 15 is 0 Å². The minimum atomic E-state index is -0.902. The normalized spacial score (nSPS) is 17.5. The Balaban J connectivity index is 1.91. The molecular weight excluding hydrogens is 421 g/mol. The lowest BCUT2D eigenvalue weighted by atomic mass is 9.94. The average molecular weight is 445 g/mol. The van der Waals surface area contributed by atoms with Crippen molar-refractivity contribution in [1.29, 1.82) is 0 Å². The number of ketones is 1. The van der Waals surface area contributed by atoms with Crippen LogP contribution in [0.2, 0.25) is 0 Å². The minimum absolute atomic E-state index is 0.0456. The van der Waals surface area contributed by atoms with E-state index in [0.29, 0.717) is 22.6 Å². The first kappa shape index (κ1) is 22.3. The number of aliphatic hydroxyl groups is 1. The van der Waals surface area contributed by atoms with Crippen molar-refractivity contribution in [3.63, 3.8) is 0 Å². The summed E-state index contributed by atoms with van der Waals surface area (Å²) in [7, 11) is 1.55. The second-order valence-corrected chi connectivity index (χ2v) is 7.93. The van der Waals surface area contributed by atoms with Crippen molar-refractivity contribution in [2.45, 2.75) is 26.3 Å². The molecular formula is C27H24FNO4. The van der Waals surface area contributed by atoms with E-state index in [1.54, 1.807) is 37.4 Å². The summed E-state index contributed by atoms with van der Waals surface area (Å²) >= 11 is 0. The van der Waals surface area contributed by atoms with Crippen molar-refractivity contribution in [3.05, 3.63) is 100 Å². The molecule has 0 saturated carbocycles. The van der Waals surface area contributed by atoms with Gasteiger partial charge in [-0.25, -0.2) is 4.39 Å². The Morgan fingerprint density at radius 1 is 1.03 bits per heavy atom. The van der Waals surface area contributed by atoms with Crippen LogP contribution in [-0.4, -0.2) is 23.9 Å².